The number of nitrogens with one attached hydrogen (secondary N) is 1. The van der Waals surface area contributed by atoms with Crippen molar-refractivity contribution in [3.8, 4) is 0 Å². The standard InChI is InChI=1S/C21H33BrN2O6/c1-6-11(5)13(9-25)24-17(18(26)23-10(3)4)21-8-12(22)16(30-21)14(15(21)19(24)27)20(28)29-7-2/h10-17,25H,6-9H2,1-5H3,(H,23,26)/t11-,12?,13-,14+,15-,16+,17+,21-/m0/s1. The molecule has 3 fully saturated rings. The van der Waals surface area contributed by atoms with Crippen molar-refractivity contribution in [3.05, 3.63) is 0 Å². The first-order chi connectivity index (χ1) is 14.1. The number of aliphatic hydroxyl groups excluding tert-OH is 1. The molecule has 1 unspecified atom stereocenters. The minimum absolute atomic E-state index is 0.0264. The SMILES string of the molecule is CCOC(=O)[C@H]1[C@@H]2O[C@@]3(CC2Br)[C@@H]1C(=O)N([C@@H](CO)[C@@H](C)CC)[C@@H]3C(=O)NC(C)C. The van der Waals surface area contributed by atoms with Crippen molar-refractivity contribution in [2.75, 3.05) is 13.2 Å². The molecular formula is C21H33BrN2O6. The van der Waals surface area contributed by atoms with E-state index in [1.165, 1.54) is 4.90 Å². The number of ether oxygens (including phenoxy) is 2. The van der Waals surface area contributed by atoms with Gasteiger partial charge in [-0.15, -0.1) is 0 Å². The van der Waals surface area contributed by atoms with Crippen molar-refractivity contribution in [1.29, 1.82) is 0 Å². The Morgan fingerprint density at radius 3 is 2.57 bits per heavy atom. The first kappa shape index (κ1) is 23.5. The molecule has 3 heterocycles. The third-order valence-corrected chi connectivity index (χ3v) is 7.66. The van der Waals surface area contributed by atoms with E-state index in [9.17, 15) is 19.5 Å². The average Bonchev–Trinajstić information content (AvgIpc) is 3.26. The summed E-state index contributed by atoms with van der Waals surface area (Å²) in [6, 6.07) is -1.57. The van der Waals surface area contributed by atoms with E-state index in [2.05, 4.69) is 21.2 Å². The molecule has 9 heteroatoms. The molecule has 0 saturated carbocycles. The van der Waals surface area contributed by atoms with Gasteiger partial charge in [-0.05, 0) is 33.1 Å². The Bertz CT molecular complexity index is 703. The van der Waals surface area contributed by atoms with E-state index in [1.807, 2.05) is 27.7 Å². The van der Waals surface area contributed by atoms with Gasteiger partial charge in [0.05, 0.1) is 37.2 Å². The zero-order valence-electron chi connectivity index (χ0n) is 18.3. The van der Waals surface area contributed by atoms with Crippen molar-refractivity contribution >= 4 is 33.7 Å². The van der Waals surface area contributed by atoms with Crippen molar-refractivity contribution in [3.63, 3.8) is 0 Å². The maximum Gasteiger partial charge on any atom is 0.312 e. The van der Waals surface area contributed by atoms with Gasteiger partial charge in [0.2, 0.25) is 11.8 Å². The summed E-state index contributed by atoms with van der Waals surface area (Å²) in [5.74, 6) is -2.68. The summed E-state index contributed by atoms with van der Waals surface area (Å²) in [5.41, 5.74) is -1.12. The molecule has 2 bridgehead atoms. The zero-order valence-corrected chi connectivity index (χ0v) is 19.8. The number of rotatable bonds is 8. The maximum absolute atomic E-state index is 13.8. The normalized spacial score (nSPS) is 36.7. The van der Waals surface area contributed by atoms with Crippen LogP contribution in [0.3, 0.4) is 0 Å². The number of aliphatic hydroxyl groups is 1. The lowest BCUT2D eigenvalue weighted by Gasteiger charge is -2.39. The molecule has 170 valence electrons. The van der Waals surface area contributed by atoms with Crippen molar-refractivity contribution < 1.29 is 29.0 Å². The van der Waals surface area contributed by atoms with Gasteiger partial charge in [-0.25, -0.2) is 0 Å². The molecule has 2 amide bonds. The molecule has 0 aromatic heterocycles. The van der Waals surface area contributed by atoms with Crippen molar-refractivity contribution in [2.45, 2.75) is 82.1 Å². The fourth-order valence-corrected chi connectivity index (χ4v) is 6.35. The lowest BCUT2D eigenvalue weighted by molar-refractivity contribution is -0.155. The van der Waals surface area contributed by atoms with E-state index in [0.717, 1.165) is 6.42 Å². The number of hydrogen-bond donors (Lipinski definition) is 2. The van der Waals surface area contributed by atoms with E-state index in [-0.39, 0.29) is 41.8 Å². The Balaban J connectivity index is 2.10. The van der Waals surface area contributed by atoms with E-state index in [4.69, 9.17) is 9.47 Å². The second kappa shape index (κ2) is 8.74. The number of hydrogen-bond acceptors (Lipinski definition) is 6. The molecule has 0 aliphatic carbocycles. The van der Waals surface area contributed by atoms with Crippen LogP contribution in [0, 0.1) is 17.8 Å². The van der Waals surface area contributed by atoms with Gasteiger partial charge in [0.1, 0.15) is 11.6 Å². The molecule has 0 radical (unpaired) electrons. The Morgan fingerprint density at radius 2 is 2.03 bits per heavy atom. The number of likely N-dealkylation sites (tertiary alicyclic amines) is 1. The Kier molecular flexibility index (Phi) is 6.84. The van der Waals surface area contributed by atoms with Gasteiger partial charge in [0.25, 0.3) is 0 Å². The number of amides is 2. The summed E-state index contributed by atoms with van der Waals surface area (Å²) in [4.78, 5) is 41.3. The number of fused-ring (bicyclic) bond motifs is 1. The fraction of sp³-hybridized carbons (Fsp3) is 0.857. The van der Waals surface area contributed by atoms with Gasteiger partial charge in [-0.1, -0.05) is 36.2 Å². The van der Waals surface area contributed by atoms with Gasteiger partial charge >= 0.3 is 5.97 Å². The molecule has 30 heavy (non-hydrogen) atoms. The summed E-state index contributed by atoms with van der Waals surface area (Å²) in [7, 11) is 0. The van der Waals surface area contributed by atoms with Crippen LogP contribution < -0.4 is 5.32 Å². The topological polar surface area (TPSA) is 105 Å². The van der Waals surface area contributed by atoms with Crippen molar-refractivity contribution in [2.24, 2.45) is 17.8 Å². The summed E-state index contributed by atoms with van der Waals surface area (Å²) >= 11 is 3.61. The Labute approximate surface area is 186 Å². The van der Waals surface area contributed by atoms with Crippen LogP contribution in [-0.2, 0) is 23.9 Å². The molecule has 3 aliphatic heterocycles. The second-order valence-electron chi connectivity index (χ2n) is 8.96. The number of esters is 1. The highest BCUT2D eigenvalue weighted by atomic mass is 79.9. The monoisotopic (exact) mass is 488 g/mol. The smallest absolute Gasteiger partial charge is 0.312 e. The molecule has 8 atom stereocenters. The lowest BCUT2D eigenvalue weighted by Crippen LogP contribution is -2.60. The minimum Gasteiger partial charge on any atom is -0.466 e. The maximum atomic E-state index is 13.8. The number of carbonyl (C=O) groups is 3. The highest BCUT2D eigenvalue weighted by Crippen LogP contribution is 2.60. The molecule has 0 aromatic rings. The van der Waals surface area contributed by atoms with Gasteiger partial charge in [-0.3, -0.25) is 14.4 Å². The molecule has 3 saturated heterocycles. The van der Waals surface area contributed by atoms with E-state index in [0.29, 0.717) is 6.42 Å². The van der Waals surface area contributed by atoms with Crippen LogP contribution in [0.2, 0.25) is 0 Å². The zero-order chi connectivity index (χ0) is 22.4. The first-order valence-corrected chi connectivity index (χ1v) is 11.8. The van der Waals surface area contributed by atoms with Crippen LogP contribution in [0.4, 0.5) is 0 Å². The van der Waals surface area contributed by atoms with Gasteiger partial charge in [0, 0.05) is 10.9 Å². The second-order valence-corrected chi connectivity index (χ2v) is 10.1. The third-order valence-electron chi connectivity index (χ3n) is 6.81. The number of alkyl halides is 1. The van der Waals surface area contributed by atoms with Gasteiger partial charge in [0.15, 0.2) is 0 Å². The number of carbonyl (C=O) groups excluding carboxylic acids is 3. The average molecular weight is 489 g/mol. The number of halogens is 1. The molecule has 8 nitrogen and oxygen atoms in total. The summed E-state index contributed by atoms with van der Waals surface area (Å²) < 4.78 is 11.6. The Morgan fingerprint density at radius 1 is 1.37 bits per heavy atom. The largest absolute Gasteiger partial charge is 0.466 e. The third kappa shape index (κ3) is 3.46. The fourth-order valence-electron chi connectivity index (χ4n) is 5.41. The quantitative estimate of drug-likeness (QED) is 0.393. The molecule has 1 spiro atoms. The summed E-state index contributed by atoms with van der Waals surface area (Å²) in [6.45, 7) is 9.30. The lowest BCUT2D eigenvalue weighted by atomic mass is 9.70. The van der Waals surface area contributed by atoms with E-state index >= 15 is 0 Å². The van der Waals surface area contributed by atoms with Crippen LogP contribution in [0.15, 0.2) is 0 Å². The molecule has 3 aliphatic rings. The molecule has 3 rings (SSSR count). The van der Waals surface area contributed by atoms with E-state index < -0.39 is 41.6 Å². The predicted molar refractivity (Wildman–Crippen MR) is 113 cm³/mol. The number of nitrogens with zero attached hydrogens (tertiary/aromatic N) is 1. The highest BCUT2D eigenvalue weighted by Gasteiger charge is 2.77. The molecule has 2 N–H and O–H groups in total. The molecule has 0 aromatic carbocycles. The van der Waals surface area contributed by atoms with Gasteiger partial charge in [-0.2, -0.15) is 0 Å². The van der Waals surface area contributed by atoms with Crippen LogP contribution in [-0.4, -0.2) is 75.7 Å². The van der Waals surface area contributed by atoms with Crippen LogP contribution in [0.1, 0.15) is 47.5 Å². The molecular weight excluding hydrogens is 456 g/mol. The highest BCUT2D eigenvalue weighted by molar-refractivity contribution is 9.09. The van der Waals surface area contributed by atoms with Crippen molar-refractivity contribution in [1.82, 2.24) is 10.2 Å². The summed E-state index contributed by atoms with van der Waals surface area (Å²) in [5, 5.41) is 13.1. The minimum atomic E-state index is -1.12. The van der Waals surface area contributed by atoms with Crippen LogP contribution in [0.25, 0.3) is 0 Å². The van der Waals surface area contributed by atoms with E-state index in [1.54, 1.807) is 6.92 Å². The first-order valence-electron chi connectivity index (χ1n) is 10.9. The van der Waals surface area contributed by atoms with Crippen LogP contribution in [0.5, 0.6) is 0 Å². The summed E-state index contributed by atoms with van der Waals surface area (Å²) in [6.07, 6.45) is 0.650. The Hall–Kier alpha value is -1.19. The van der Waals surface area contributed by atoms with Crippen LogP contribution >= 0.6 is 15.9 Å². The van der Waals surface area contributed by atoms with Gasteiger partial charge < -0.3 is 24.8 Å². The predicted octanol–water partition coefficient (Wildman–Crippen LogP) is 1.23.